The van der Waals surface area contributed by atoms with Gasteiger partial charge in [-0.1, -0.05) is 30.3 Å². The number of hydrogen-bond donors (Lipinski definition) is 0. The molecule has 0 unspecified atom stereocenters. The molecule has 0 amide bonds. The summed E-state index contributed by atoms with van der Waals surface area (Å²) in [6.07, 6.45) is 0.997. The van der Waals surface area contributed by atoms with Crippen LogP contribution >= 0.6 is 0 Å². The maximum atomic E-state index is 5.26. The molecule has 0 radical (unpaired) electrons. The van der Waals surface area contributed by atoms with Crippen LogP contribution in [0.15, 0.2) is 35.3 Å². The minimum absolute atomic E-state index is 0.257. The first kappa shape index (κ1) is 9.41. The number of benzene rings is 1. The smallest absolute Gasteiger partial charge is 0.0845 e. The van der Waals surface area contributed by atoms with Crippen molar-refractivity contribution in [2.45, 2.75) is 19.4 Å². The summed E-state index contributed by atoms with van der Waals surface area (Å²) in [6, 6.07) is 10.6. The molecule has 1 heterocycles. The Morgan fingerprint density at radius 1 is 1.29 bits per heavy atom. The molecule has 2 nitrogen and oxygen atoms in total. The highest BCUT2D eigenvalue weighted by Gasteiger charge is 2.10. The van der Waals surface area contributed by atoms with Crippen molar-refractivity contribution in [2.75, 3.05) is 13.2 Å². The Hall–Kier alpha value is -1.15. The molecule has 1 saturated heterocycles. The molecule has 14 heavy (non-hydrogen) atoms. The zero-order chi connectivity index (χ0) is 9.80. The average molecular weight is 189 g/mol. The van der Waals surface area contributed by atoms with E-state index in [0.717, 1.165) is 19.6 Å². The molecule has 2 rings (SSSR count). The van der Waals surface area contributed by atoms with Gasteiger partial charge < -0.3 is 4.74 Å². The number of ether oxygens (including phenoxy) is 1. The SMILES string of the molecule is C[C@H](/N=C1\CCOC1)c1ccccc1. The van der Waals surface area contributed by atoms with Gasteiger partial charge in [0, 0.05) is 12.1 Å². The van der Waals surface area contributed by atoms with Crippen LogP contribution in [-0.4, -0.2) is 18.9 Å². The van der Waals surface area contributed by atoms with Crippen molar-refractivity contribution in [3.8, 4) is 0 Å². The standard InChI is InChI=1S/C12H15NO/c1-10(11-5-3-2-4-6-11)13-12-7-8-14-9-12/h2-6,10H,7-9H2,1H3/b13-12+/t10-/m0/s1. The molecular formula is C12H15NO. The van der Waals surface area contributed by atoms with Gasteiger partial charge in [-0.05, 0) is 12.5 Å². The van der Waals surface area contributed by atoms with Gasteiger partial charge in [-0.3, -0.25) is 4.99 Å². The minimum atomic E-state index is 0.257. The molecule has 0 aliphatic carbocycles. The van der Waals surface area contributed by atoms with Gasteiger partial charge in [0.15, 0.2) is 0 Å². The minimum Gasteiger partial charge on any atom is -0.375 e. The Balaban J connectivity index is 2.08. The van der Waals surface area contributed by atoms with E-state index < -0.39 is 0 Å². The summed E-state index contributed by atoms with van der Waals surface area (Å²) in [5, 5.41) is 0. The monoisotopic (exact) mass is 189 g/mol. The van der Waals surface area contributed by atoms with Crippen LogP contribution in [0.25, 0.3) is 0 Å². The van der Waals surface area contributed by atoms with Crippen LogP contribution in [0.1, 0.15) is 24.9 Å². The second kappa shape index (κ2) is 4.38. The molecule has 1 atom stereocenters. The zero-order valence-electron chi connectivity index (χ0n) is 8.44. The van der Waals surface area contributed by atoms with Crippen molar-refractivity contribution in [1.82, 2.24) is 0 Å². The average Bonchev–Trinajstić information content (AvgIpc) is 2.72. The first-order valence-corrected chi connectivity index (χ1v) is 5.04. The van der Waals surface area contributed by atoms with Crippen LogP contribution in [0.5, 0.6) is 0 Å². The zero-order valence-corrected chi connectivity index (χ0v) is 8.44. The largest absolute Gasteiger partial charge is 0.375 e. The molecule has 0 saturated carbocycles. The molecule has 1 fully saturated rings. The van der Waals surface area contributed by atoms with E-state index in [-0.39, 0.29) is 6.04 Å². The molecule has 0 aromatic heterocycles. The summed E-state index contributed by atoms with van der Waals surface area (Å²) < 4.78 is 5.26. The van der Waals surface area contributed by atoms with E-state index >= 15 is 0 Å². The molecular weight excluding hydrogens is 174 g/mol. The third-order valence-electron chi connectivity index (χ3n) is 2.46. The summed E-state index contributed by atoms with van der Waals surface area (Å²) in [4.78, 5) is 4.64. The lowest BCUT2D eigenvalue weighted by Gasteiger charge is -2.07. The molecule has 1 aromatic rings. The van der Waals surface area contributed by atoms with Gasteiger partial charge in [0.2, 0.25) is 0 Å². The van der Waals surface area contributed by atoms with Crippen LogP contribution in [0.2, 0.25) is 0 Å². The van der Waals surface area contributed by atoms with Gasteiger partial charge in [-0.25, -0.2) is 0 Å². The highest BCUT2D eigenvalue weighted by Crippen LogP contribution is 2.17. The van der Waals surface area contributed by atoms with Crippen LogP contribution in [-0.2, 0) is 4.74 Å². The van der Waals surface area contributed by atoms with Gasteiger partial charge in [-0.2, -0.15) is 0 Å². The van der Waals surface area contributed by atoms with Gasteiger partial charge >= 0.3 is 0 Å². The summed E-state index contributed by atoms with van der Waals surface area (Å²) in [6.45, 7) is 3.68. The van der Waals surface area contributed by atoms with Gasteiger partial charge in [-0.15, -0.1) is 0 Å². The van der Waals surface area contributed by atoms with E-state index in [1.165, 1.54) is 11.3 Å². The van der Waals surface area contributed by atoms with Crippen LogP contribution in [0, 0.1) is 0 Å². The second-order valence-corrected chi connectivity index (χ2v) is 3.58. The quantitative estimate of drug-likeness (QED) is 0.700. The van der Waals surface area contributed by atoms with E-state index in [1.807, 2.05) is 6.07 Å². The Labute approximate surface area is 84.6 Å². The summed E-state index contributed by atoms with van der Waals surface area (Å²) in [5.41, 5.74) is 2.47. The highest BCUT2D eigenvalue weighted by atomic mass is 16.5. The fraction of sp³-hybridized carbons (Fsp3) is 0.417. The molecule has 0 N–H and O–H groups in total. The Morgan fingerprint density at radius 3 is 2.71 bits per heavy atom. The summed E-state index contributed by atoms with van der Waals surface area (Å²) >= 11 is 0. The summed E-state index contributed by atoms with van der Waals surface area (Å²) in [7, 11) is 0. The van der Waals surface area contributed by atoms with Gasteiger partial charge in [0.25, 0.3) is 0 Å². The van der Waals surface area contributed by atoms with Crippen molar-refractivity contribution in [2.24, 2.45) is 4.99 Å². The van der Waals surface area contributed by atoms with Gasteiger partial charge in [0.05, 0.1) is 19.3 Å². The maximum Gasteiger partial charge on any atom is 0.0845 e. The molecule has 1 aromatic carbocycles. The first-order chi connectivity index (χ1) is 6.86. The Bertz CT molecular complexity index is 310. The van der Waals surface area contributed by atoms with Crippen LogP contribution < -0.4 is 0 Å². The Morgan fingerprint density at radius 2 is 2.07 bits per heavy atom. The van der Waals surface area contributed by atoms with E-state index in [9.17, 15) is 0 Å². The predicted octanol–water partition coefficient (Wildman–Crippen LogP) is 2.61. The van der Waals surface area contributed by atoms with E-state index in [1.54, 1.807) is 0 Å². The number of rotatable bonds is 2. The lowest BCUT2D eigenvalue weighted by molar-refractivity contribution is 0.209. The van der Waals surface area contributed by atoms with Crippen LogP contribution in [0.3, 0.4) is 0 Å². The van der Waals surface area contributed by atoms with E-state index in [0.29, 0.717) is 0 Å². The van der Waals surface area contributed by atoms with Crippen molar-refractivity contribution in [1.29, 1.82) is 0 Å². The Kier molecular flexibility index (Phi) is 2.94. The highest BCUT2D eigenvalue weighted by molar-refractivity contribution is 5.87. The number of hydrogen-bond acceptors (Lipinski definition) is 2. The lowest BCUT2D eigenvalue weighted by Crippen LogP contribution is -2.00. The molecule has 0 bridgehead atoms. The third-order valence-corrected chi connectivity index (χ3v) is 2.46. The summed E-state index contributed by atoms with van der Waals surface area (Å²) in [5.74, 6) is 0. The van der Waals surface area contributed by atoms with Crippen molar-refractivity contribution < 1.29 is 4.74 Å². The normalized spacial score (nSPS) is 21.4. The second-order valence-electron chi connectivity index (χ2n) is 3.58. The fourth-order valence-electron chi connectivity index (χ4n) is 1.63. The van der Waals surface area contributed by atoms with Crippen LogP contribution in [0.4, 0.5) is 0 Å². The molecule has 0 spiro atoms. The maximum absolute atomic E-state index is 5.26. The topological polar surface area (TPSA) is 21.6 Å². The number of nitrogens with zero attached hydrogens (tertiary/aromatic N) is 1. The molecule has 1 aliphatic heterocycles. The third kappa shape index (κ3) is 2.20. The number of aliphatic imine (C=N–C) groups is 1. The molecule has 74 valence electrons. The first-order valence-electron chi connectivity index (χ1n) is 5.04. The predicted molar refractivity (Wildman–Crippen MR) is 57.7 cm³/mol. The van der Waals surface area contributed by atoms with Crippen molar-refractivity contribution in [3.05, 3.63) is 35.9 Å². The lowest BCUT2D eigenvalue weighted by atomic mass is 10.1. The van der Waals surface area contributed by atoms with Crippen molar-refractivity contribution in [3.63, 3.8) is 0 Å². The van der Waals surface area contributed by atoms with Crippen molar-refractivity contribution >= 4 is 5.71 Å². The van der Waals surface area contributed by atoms with E-state index in [4.69, 9.17) is 4.74 Å². The van der Waals surface area contributed by atoms with Gasteiger partial charge in [0.1, 0.15) is 0 Å². The molecule has 2 heteroatoms. The fourth-order valence-corrected chi connectivity index (χ4v) is 1.63. The van der Waals surface area contributed by atoms with E-state index in [2.05, 4.69) is 36.2 Å². The molecule has 1 aliphatic rings.